The first-order valence-electron chi connectivity index (χ1n) is 5.68. The van der Waals surface area contributed by atoms with Crippen LogP contribution in [-0.2, 0) is 9.59 Å². The highest BCUT2D eigenvalue weighted by Gasteiger charge is 2.40. The van der Waals surface area contributed by atoms with Crippen LogP contribution in [0, 0.1) is 0 Å². The molecule has 1 aliphatic rings. The topological polar surface area (TPSA) is 63.4 Å². The minimum atomic E-state index is -0.383. The van der Waals surface area contributed by atoms with Crippen molar-refractivity contribution in [3.8, 4) is 0 Å². The smallest absolute Gasteiger partial charge is 0.247 e. The Bertz CT molecular complexity index is 524. The van der Waals surface area contributed by atoms with Gasteiger partial charge in [0, 0.05) is 18.7 Å². The number of benzene rings is 1. The zero-order valence-electron chi connectivity index (χ0n) is 9.94. The molecule has 1 saturated heterocycles. The SMILES string of the molecule is NCCSC1CC(=O)N(c2cccc(Cl)c2Cl)C1=O. The molecule has 2 N–H and O–H groups in total. The summed E-state index contributed by atoms with van der Waals surface area (Å²) in [6.07, 6.45) is 0.173. The average molecular weight is 319 g/mol. The van der Waals surface area contributed by atoms with Gasteiger partial charge in [0.25, 0.3) is 0 Å². The minimum Gasteiger partial charge on any atom is -0.330 e. The van der Waals surface area contributed by atoms with Gasteiger partial charge < -0.3 is 5.73 Å². The Morgan fingerprint density at radius 3 is 2.79 bits per heavy atom. The van der Waals surface area contributed by atoms with Gasteiger partial charge >= 0.3 is 0 Å². The first-order valence-corrected chi connectivity index (χ1v) is 7.49. The molecule has 1 unspecified atom stereocenters. The second kappa shape index (κ2) is 6.13. The van der Waals surface area contributed by atoms with E-state index in [1.165, 1.54) is 11.8 Å². The van der Waals surface area contributed by atoms with Crippen LogP contribution in [-0.4, -0.2) is 29.4 Å². The molecule has 1 aliphatic heterocycles. The molecular weight excluding hydrogens is 307 g/mol. The summed E-state index contributed by atoms with van der Waals surface area (Å²) in [6, 6.07) is 4.88. The van der Waals surface area contributed by atoms with Crippen molar-refractivity contribution >= 4 is 52.5 Å². The zero-order chi connectivity index (χ0) is 14.0. The van der Waals surface area contributed by atoms with Gasteiger partial charge in [0.2, 0.25) is 11.8 Å². The molecule has 1 heterocycles. The number of rotatable bonds is 4. The lowest BCUT2D eigenvalue weighted by Crippen LogP contribution is -2.31. The Balaban J connectivity index is 2.27. The lowest BCUT2D eigenvalue weighted by molar-refractivity contribution is -0.121. The number of carbonyl (C=O) groups is 2. The summed E-state index contributed by atoms with van der Waals surface area (Å²) >= 11 is 13.3. The predicted molar refractivity (Wildman–Crippen MR) is 78.9 cm³/mol. The highest BCUT2D eigenvalue weighted by atomic mass is 35.5. The van der Waals surface area contributed by atoms with Gasteiger partial charge in [-0.1, -0.05) is 29.3 Å². The number of halogens is 2. The Morgan fingerprint density at radius 2 is 2.11 bits per heavy atom. The summed E-state index contributed by atoms with van der Waals surface area (Å²) in [7, 11) is 0. The molecule has 7 heteroatoms. The molecule has 1 atom stereocenters. The van der Waals surface area contributed by atoms with Crippen molar-refractivity contribution in [3.63, 3.8) is 0 Å². The molecule has 2 rings (SSSR count). The molecule has 0 aliphatic carbocycles. The molecule has 1 aromatic carbocycles. The fourth-order valence-corrected chi connectivity index (χ4v) is 3.17. The van der Waals surface area contributed by atoms with E-state index in [1.54, 1.807) is 18.2 Å². The Morgan fingerprint density at radius 1 is 1.37 bits per heavy atom. The second-order valence-corrected chi connectivity index (χ2v) is 6.09. The maximum Gasteiger partial charge on any atom is 0.247 e. The van der Waals surface area contributed by atoms with Gasteiger partial charge in [-0.05, 0) is 12.1 Å². The third-order valence-corrected chi connectivity index (χ3v) is 4.77. The first kappa shape index (κ1) is 14.7. The molecule has 19 heavy (non-hydrogen) atoms. The van der Waals surface area contributed by atoms with Crippen LogP contribution in [0.4, 0.5) is 5.69 Å². The van der Waals surface area contributed by atoms with Gasteiger partial charge in [0.15, 0.2) is 0 Å². The maximum atomic E-state index is 12.2. The van der Waals surface area contributed by atoms with Crippen molar-refractivity contribution in [3.05, 3.63) is 28.2 Å². The molecule has 0 aromatic heterocycles. The van der Waals surface area contributed by atoms with E-state index in [1.807, 2.05) is 0 Å². The number of carbonyl (C=O) groups excluding carboxylic acids is 2. The van der Waals surface area contributed by atoms with Crippen molar-refractivity contribution in [2.24, 2.45) is 5.73 Å². The fourth-order valence-electron chi connectivity index (χ4n) is 1.86. The highest BCUT2D eigenvalue weighted by molar-refractivity contribution is 8.00. The number of nitrogens with zero attached hydrogens (tertiary/aromatic N) is 1. The number of imide groups is 1. The second-order valence-electron chi connectivity index (χ2n) is 3.99. The van der Waals surface area contributed by atoms with E-state index < -0.39 is 0 Å². The van der Waals surface area contributed by atoms with Crippen LogP contribution >= 0.6 is 35.0 Å². The van der Waals surface area contributed by atoms with Crippen LogP contribution < -0.4 is 10.6 Å². The molecule has 0 spiro atoms. The molecule has 1 fully saturated rings. The lowest BCUT2D eigenvalue weighted by atomic mass is 10.3. The standard InChI is InChI=1S/C12H12Cl2N2O2S/c13-7-2-1-3-8(11(7)14)16-10(17)6-9(12(16)18)19-5-4-15/h1-3,9H,4-6,15H2. The highest BCUT2D eigenvalue weighted by Crippen LogP contribution is 2.37. The fraction of sp³-hybridized carbons (Fsp3) is 0.333. The molecule has 0 bridgehead atoms. The van der Waals surface area contributed by atoms with Crippen LogP contribution in [0.1, 0.15) is 6.42 Å². The number of hydrogen-bond donors (Lipinski definition) is 1. The Hall–Kier alpha value is -0.750. The summed E-state index contributed by atoms with van der Waals surface area (Å²) in [5.74, 6) is 0.122. The van der Waals surface area contributed by atoms with Gasteiger partial charge in [-0.2, -0.15) is 0 Å². The van der Waals surface area contributed by atoms with E-state index in [4.69, 9.17) is 28.9 Å². The van der Waals surface area contributed by atoms with E-state index in [2.05, 4.69) is 0 Å². The van der Waals surface area contributed by atoms with Gasteiger partial charge in [0.05, 0.1) is 21.0 Å². The molecule has 4 nitrogen and oxygen atoms in total. The summed E-state index contributed by atoms with van der Waals surface area (Å²) in [4.78, 5) is 25.3. The van der Waals surface area contributed by atoms with E-state index in [0.29, 0.717) is 23.0 Å². The number of nitrogens with two attached hydrogens (primary N) is 1. The van der Waals surface area contributed by atoms with Gasteiger partial charge in [-0.25, -0.2) is 4.90 Å². The molecule has 1 aromatic rings. The van der Waals surface area contributed by atoms with Crippen molar-refractivity contribution in [1.82, 2.24) is 0 Å². The van der Waals surface area contributed by atoms with Crippen molar-refractivity contribution in [2.45, 2.75) is 11.7 Å². The molecular formula is C12H12Cl2N2O2S. The predicted octanol–water partition coefficient (Wildman–Crippen LogP) is 2.32. The van der Waals surface area contributed by atoms with Crippen LogP contribution in [0.5, 0.6) is 0 Å². The average Bonchev–Trinajstić information content (AvgIpc) is 2.66. The van der Waals surface area contributed by atoms with Crippen molar-refractivity contribution in [1.29, 1.82) is 0 Å². The number of anilines is 1. The van der Waals surface area contributed by atoms with Crippen molar-refractivity contribution in [2.75, 3.05) is 17.2 Å². The van der Waals surface area contributed by atoms with Crippen LogP contribution in [0.2, 0.25) is 10.0 Å². The molecule has 2 amide bonds. The number of amides is 2. The number of thioether (sulfide) groups is 1. The third-order valence-electron chi connectivity index (χ3n) is 2.71. The van der Waals surface area contributed by atoms with Gasteiger partial charge in [-0.15, -0.1) is 11.8 Å². The van der Waals surface area contributed by atoms with Gasteiger partial charge in [0.1, 0.15) is 0 Å². The molecule has 0 saturated carbocycles. The monoisotopic (exact) mass is 318 g/mol. The Labute approximate surface area is 125 Å². The van der Waals surface area contributed by atoms with E-state index in [0.717, 1.165) is 4.90 Å². The Kier molecular flexibility index (Phi) is 4.73. The maximum absolute atomic E-state index is 12.2. The van der Waals surface area contributed by atoms with Crippen molar-refractivity contribution < 1.29 is 9.59 Å². The van der Waals surface area contributed by atoms with Gasteiger partial charge in [-0.3, -0.25) is 9.59 Å². The zero-order valence-corrected chi connectivity index (χ0v) is 12.3. The summed E-state index contributed by atoms with van der Waals surface area (Å²) in [5.41, 5.74) is 5.75. The molecule has 102 valence electrons. The minimum absolute atomic E-state index is 0.173. The van der Waals surface area contributed by atoms with Crippen LogP contribution in [0.15, 0.2) is 18.2 Å². The normalized spacial score (nSPS) is 19.3. The summed E-state index contributed by atoms with van der Waals surface area (Å²) < 4.78 is 0. The van der Waals surface area contributed by atoms with Crippen LogP contribution in [0.25, 0.3) is 0 Å². The quantitative estimate of drug-likeness (QED) is 0.865. The summed E-state index contributed by atoms with van der Waals surface area (Å²) in [6.45, 7) is 0.473. The van der Waals surface area contributed by atoms with Crippen LogP contribution in [0.3, 0.4) is 0 Å². The lowest BCUT2D eigenvalue weighted by Gasteiger charge is -2.16. The van der Waals surface area contributed by atoms with E-state index in [9.17, 15) is 9.59 Å². The third kappa shape index (κ3) is 2.89. The first-order chi connectivity index (χ1) is 9.06. The van der Waals surface area contributed by atoms with E-state index >= 15 is 0 Å². The van der Waals surface area contributed by atoms with E-state index in [-0.39, 0.29) is 28.5 Å². The largest absolute Gasteiger partial charge is 0.330 e. The molecule has 0 radical (unpaired) electrons. The summed E-state index contributed by atoms with van der Waals surface area (Å²) in [5, 5.41) is 0.152. The number of hydrogen-bond acceptors (Lipinski definition) is 4.